The molecule has 10 heteroatoms. The number of unbranched alkanes of at least 4 members (excludes halogenated alkanes) is 13. The molecule has 1 aliphatic carbocycles. The summed E-state index contributed by atoms with van der Waals surface area (Å²) in [6, 6.07) is 13.7. The van der Waals surface area contributed by atoms with Crippen molar-refractivity contribution in [1.29, 1.82) is 0 Å². The highest BCUT2D eigenvalue weighted by Crippen LogP contribution is 2.31. The highest BCUT2D eigenvalue weighted by atomic mass is 16.5. The molecular weight excluding hydrogens is 737 g/mol. The molecule has 2 aromatic carbocycles. The van der Waals surface area contributed by atoms with Gasteiger partial charge in [0.25, 0.3) is 0 Å². The summed E-state index contributed by atoms with van der Waals surface area (Å²) in [5, 5.41) is 0. The second-order valence-corrected chi connectivity index (χ2v) is 14.8. The molecule has 10 nitrogen and oxygen atoms in total. The normalized spacial score (nSPS) is 14.6. The number of carbonyl (C=O) groups is 4. The Morgan fingerprint density at radius 2 is 1.03 bits per heavy atom. The molecule has 0 bridgehead atoms. The van der Waals surface area contributed by atoms with Crippen LogP contribution in [0.1, 0.15) is 140 Å². The number of ether oxygens (including phenoxy) is 6. The lowest BCUT2D eigenvalue weighted by molar-refractivity contribution is -0.141. The van der Waals surface area contributed by atoms with Crippen LogP contribution in [0.4, 0.5) is 0 Å². The first kappa shape index (κ1) is 47.5. The minimum absolute atomic E-state index is 0.135. The molecule has 1 fully saturated rings. The van der Waals surface area contributed by atoms with Crippen LogP contribution in [0.2, 0.25) is 0 Å². The molecule has 0 heterocycles. The van der Waals surface area contributed by atoms with Crippen LogP contribution in [0, 0.1) is 23.7 Å². The lowest BCUT2D eigenvalue weighted by Crippen LogP contribution is -2.27. The largest absolute Gasteiger partial charge is 0.494 e. The fourth-order valence-electron chi connectivity index (χ4n) is 6.76. The zero-order valence-electron chi connectivity index (χ0n) is 34.4. The molecule has 1 aliphatic rings. The predicted molar refractivity (Wildman–Crippen MR) is 224 cm³/mol. The van der Waals surface area contributed by atoms with Gasteiger partial charge in [0.1, 0.15) is 17.2 Å². The molecule has 0 unspecified atom stereocenters. The van der Waals surface area contributed by atoms with Crippen molar-refractivity contribution in [2.45, 2.75) is 135 Å². The second-order valence-electron chi connectivity index (χ2n) is 14.8. The summed E-state index contributed by atoms with van der Waals surface area (Å²) >= 11 is 0. The first-order valence-corrected chi connectivity index (χ1v) is 21.3. The van der Waals surface area contributed by atoms with E-state index in [1.165, 1.54) is 38.2 Å². The summed E-state index contributed by atoms with van der Waals surface area (Å²) in [5.74, 6) is 5.81. The maximum Gasteiger partial charge on any atom is 0.390 e. The lowest BCUT2D eigenvalue weighted by Gasteiger charge is -2.27. The number of hydrogen-bond acceptors (Lipinski definition) is 10. The van der Waals surface area contributed by atoms with Gasteiger partial charge >= 0.3 is 23.9 Å². The highest BCUT2D eigenvalue weighted by molar-refractivity contribution is 5.90. The van der Waals surface area contributed by atoms with Gasteiger partial charge in [-0.2, -0.15) is 0 Å². The highest BCUT2D eigenvalue weighted by Gasteiger charge is 2.28. The van der Waals surface area contributed by atoms with E-state index < -0.39 is 5.97 Å². The standard InChI is InChI=1S/C48H64O10/c1-3-54-45(49)20-16-12-8-5-6-11-15-19-37-56-42-29-24-39(25-30-42)26-35-47(51)57-43-31-33-44(34-32-43)58-48(52)41-27-22-40(23-28-41)38-53-36-18-14-10-7-9-13-17-21-46(50)55-4-2/h3-4,24-25,29-34,40-41H,1-2,5-23,27-28,36-38H2. The Morgan fingerprint density at radius 1 is 0.569 bits per heavy atom. The molecule has 0 saturated heterocycles. The van der Waals surface area contributed by atoms with Gasteiger partial charge in [0.05, 0.1) is 25.0 Å². The summed E-state index contributed by atoms with van der Waals surface area (Å²) in [6.07, 6.45) is 22.9. The van der Waals surface area contributed by atoms with E-state index in [-0.39, 0.29) is 23.8 Å². The fraction of sp³-hybridized carbons (Fsp3) is 0.542. The van der Waals surface area contributed by atoms with E-state index in [4.69, 9.17) is 28.4 Å². The Morgan fingerprint density at radius 3 is 1.57 bits per heavy atom. The smallest absolute Gasteiger partial charge is 0.390 e. The van der Waals surface area contributed by atoms with Crippen molar-refractivity contribution >= 4 is 23.9 Å². The Bertz CT molecular complexity index is 1560. The quantitative estimate of drug-likeness (QED) is 0.0258. The van der Waals surface area contributed by atoms with Crippen LogP contribution < -0.4 is 14.2 Å². The van der Waals surface area contributed by atoms with Crippen molar-refractivity contribution in [2.75, 3.05) is 19.8 Å². The van der Waals surface area contributed by atoms with E-state index in [9.17, 15) is 19.2 Å². The maximum atomic E-state index is 12.8. The number of hydrogen-bond donors (Lipinski definition) is 0. The number of rotatable bonds is 29. The van der Waals surface area contributed by atoms with Crippen molar-refractivity contribution in [1.82, 2.24) is 0 Å². The Balaban J connectivity index is 1.19. The SMILES string of the molecule is C=COC(=O)CCCCCCCCCCOc1ccc(C#CC(=O)Oc2ccc(OC(=O)C3CCC(COCCCCCCCCCC(=O)OC=C)CC3)cc2)cc1. The molecule has 0 atom stereocenters. The van der Waals surface area contributed by atoms with Crippen LogP contribution in [0.15, 0.2) is 74.2 Å². The third kappa shape index (κ3) is 22.2. The van der Waals surface area contributed by atoms with Crippen LogP contribution >= 0.6 is 0 Å². The van der Waals surface area contributed by atoms with Gasteiger partial charge in [0.2, 0.25) is 0 Å². The molecule has 0 aliphatic heterocycles. The first-order valence-electron chi connectivity index (χ1n) is 21.3. The van der Waals surface area contributed by atoms with Crippen molar-refractivity contribution in [3.8, 4) is 29.1 Å². The Hall–Kier alpha value is -4.88. The van der Waals surface area contributed by atoms with Gasteiger partial charge in [0, 0.05) is 37.5 Å². The molecule has 0 amide bonds. The minimum Gasteiger partial charge on any atom is -0.494 e. The summed E-state index contributed by atoms with van der Waals surface area (Å²) in [6.45, 7) is 8.92. The molecule has 0 radical (unpaired) electrons. The molecule has 2 aromatic rings. The molecule has 0 spiro atoms. The van der Waals surface area contributed by atoms with Crippen LogP contribution in [0.25, 0.3) is 0 Å². The van der Waals surface area contributed by atoms with Gasteiger partial charge in [-0.3, -0.25) is 14.4 Å². The number of esters is 4. The molecule has 1 saturated carbocycles. The fourth-order valence-corrected chi connectivity index (χ4v) is 6.76. The topological polar surface area (TPSA) is 124 Å². The molecule has 3 rings (SSSR count). The first-order chi connectivity index (χ1) is 28.4. The Labute approximate surface area is 346 Å². The second kappa shape index (κ2) is 30.2. The third-order valence-electron chi connectivity index (χ3n) is 10.1. The van der Waals surface area contributed by atoms with Crippen LogP contribution in [-0.2, 0) is 33.4 Å². The van der Waals surface area contributed by atoms with Gasteiger partial charge < -0.3 is 28.4 Å². The summed E-state index contributed by atoms with van der Waals surface area (Å²) < 4.78 is 32.2. The molecule has 0 aromatic heterocycles. The zero-order chi connectivity index (χ0) is 41.5. The van der Waals surface area contributed by atoms with Gasteiger partial charge in [-0.05, 0) is 106 Å². The van der Waals surface area contributed by atoms with E-state index in [0.29, 0.717) is 42.4 Å². The lowest BCUT2D eigenvalue weighted by atomic mass is 9.82. The Kier molecular flexibility index (Phi) is 24.8. The van der Waals surface area contributed by atoms with Crippen LogP contribution in [0.5, 0.6) is 17.2 Å². The van der Waals surface area contributed by atoms with E-state index >= 15 is 0 Å². The van der Waals surface area contributed by atoms with Crippen molar-refractivity contribution in [3.05, 3.63) is 79.8 Å². The van der Waals surface area contributed by atoms with Gasteiger partial charge in [-0.1, -0.05) is 89.7 Å². The van der Waals surface area contributed by atoms with Gasteiger partial charge in [0.15, 0.2) is 0 Å². The number of benzene rings is 2. The molecule has 316 valence electrons. The zero-order valence-corrected chi connectivity index (χ0v) is 34.4. The monoisotopic (exact) mass is 800 g/mol. The maximum absolute atomic E-state index is 12.8. The van der Waals surface area contributed by atoms with E-state index in [0.717, 1.165) is 115 Å². The predicted octanol–water partition coefficient (Wildman–Crippen LogP) is 10.8. The average Bonchev–Trinajstić information content (AvgIpc) is 3.22. The third-order valence-corrected chi connectivity index (χ3v) is 10.1. The molecular formula is C48H64O10. The van der Waals surface area contributed by atoms with Crippen molar-refractivity contribution in [3.63, 3.8) is 0 Å². The van der Waals surface area contributed by atoms with Crippen molar-refractivity contribution in [2.24, 2.45) is 11.8 Å². The minimum atomic E-state index is -0.687. The summed E-state index contributed by atoms with van der Waals surface area (Å²) in [5.41, 5.74) is 0.670. The van der Waals surface area contributed by atoms with E-state index in [1.807, 2.05) is 12.1 Å². The van der Waals surface area contributed by atoms with Gasteiger partial charge in [-0.25, -0.2) is 4.79 Å². The van der Waals surface area contributed by atoms with Crippen LogP contribution in [0.3, 0.4) is 0 Å². The molecule has 0 N–H and O–H groups in total. The van der Waals surface area contributed by atoms with E-state index in [2.05, 4.69) is 25.0 Å². The van der Waals surface area contributed by atoms with Gasteiger partial charge in [-0.15, -0.1) is 0 Å². The number of carbonyl (C=O) groups excluding carboxylic acids is 4. The van der Waals surface area contributed by atoms with Crippen LogP contribution in [-0.4, -0.2) is 43.7 Å². The van der Waals surface area contributed by atoms with Crippen molar-refractivity contribution < 1.29 is 47.6 Å². The van der Waals surface area contributed by atoms with E-state index in [1.54, 1.807) is 36.4 Å². The average molecular weight is 801 g/mol. The summed E-state index contributed by atoms with van der Waals surface area (Å²) in [7, 11) is 0. The summed E-state index contributed by atoms with van der Waals surface area (Å²) in [4.78, 5) is 47.8. The molecule has 58 heavy (non-hydrogen) atoms.